The summed E-state index contributed by atoms with van der Waals surface area (Å²) in [6.45, 7) is 0. The van der Waals surface area contributed by atoms with Gasteiger partial charge in [-0.1, -0.05) is 133 Å². The van der Waals surface area contributed by atoms with Crippen LogP contribution in [0.5, 0.6) is 0 Å². The lowest BCUT2D eigenvalue weighted by molar-refractivity contribution is 0.103. The largest absolute Gasteiger partial charge is 0.289 e. The van der Waals surface area contributed by atoms with Crippen LogP contribution in [0.3, 0.4) is 0 Å². The van der Waals surface area contributed by atoms with E-state index in [0.29, 0.717) is 0 Å². The Morgan fingerprint density at radius 2 is 0.688 bits per heavy atom. The highest BCUT2D eigenvalue weighted by Crippen LogP contribution is 2.06. The number of carbonyl (C=O) groups is 2. The van der Waals surface area contributed by atoms with E-state index >= 15 is 0 Å². The first kappa shape index (κ1) is 22.4. The van der Waals surface area contributed by atoms with Gasteiger partial charge in [-0.15, -0.1) is 0 Å². The lowest BCUT2D eigenvalue weighted by atomic mass is 10.1. The fourth-order valence-electron chi connectivity index (χ4n) is 2.87. The zero-order valence-corrected chi connectivity index (χ0v) is 17.7. The summed E-state index contributed by atoms with van der Waals surface area (Å²) in [5.74, 6) is 0.0638. The van der Waals surface area contributed by atoms with Gasteiger partial charge in [-0.05, 0) is 23.3 Å². The first-order chi connectivity index (χ1) is 15.7. The molecule has 0 aliphatic carbocycles. The van der Waals surface area contributed by atoms with Crippen molar-refractivity contribution in [2.45, 2.75) is 0 Å². The lowest BCUT2D eigenvalue weighted by Gasteiger charge is -1.94. The van der Waals surface area contributed by atoms with E-state index in [1.165, 1.54) is 0 Å². The molecule has 2 heteroatoms. The van der Waals surface area contributed by atoms with Gasteiger partial charge in [0.15, 0.2) is 11.6 Å². The molecule has 2 nitrogen and oxygen atoms in total. The molecule has 0 fully saturated rings. The van der Waals surface area contributed by atoms with Crippen LogP contribution in [0, 0.1) is 0 Å². The third-order valence-corrected chi connectivity index (χ3v) is 4.57. The summed E-state index contributed by atoms with van der Waals surface area (Å²) >= 11 is 0. The first-order valence-corrected chi connectivity index (χ1v) is 10.4. The Morgan fingerprint density at radius 3 is 1.00 bits per heavy atom. The summed E-state index contributed by atoms with van der Waals surface area (Å²) < 4.78 is 0. The van der Waals surface area contributed by atoms with Crippen LogP contribution in [-0.4, -0.2) is 11.6 Å². The van der Waals surface area contributed by atoms with Crippen molar-refractivity contribution < 1.29 is 9.59 Å². The Bertz CT molecular complexity index is 1060. The van der Waals surface area contributed by atoms with Gasteiger partial charge in [0, 0.05) is 11.1 Å². The predicted molar refractivity (Wildman–Crippen MR) is 132 cm³/mol. The lowest BCUT2D eigenvalue weighted by Crippen LogP contribution is -1.92. The van der Waals surface area contributed by atoms with Gasteiger partial charge >= 0.3 is 0 Å². The number of benzene rings is 4. The Balaban J connectivity index is 0.000000181. The fourth-order valence-corrected chi connectivity index (χ4v) is 2.87. The van der Waals surface area contributed by atoms with E-state index in [9.17, 15) is 9.59 Å². The molecule has 0 spiro atoms. The van der Waals surface area contributed by atoms with Gasteiger partial charge in [0.05, 0.1) is 0 Å². The van der Waals surface area contributed by atoms with E-state index in [0.717, 1.165) is 22.3 Å². The minimum atomic E-state index is 0.0319. The first-order valence-electron chi connectivity index (χ1n) is 10.4. The molecule has 4 rings (SSSR count). The van der Waals surface area contributed by atoms with Crippen molar-refractivity contribution in [3.05, 3.63) is 156 Å². The van der Waals surface area contributed by atoms with Gasteiger partial charge in [0.1, 0.15) is 0 Å². The van der Waals surface area contributed by atoms with E-state index in [1.54, 1.807) is 12.2 Å². The summed E-state index contributed by atoms with van der Waals surface area (Å²) in [6.07, 6.45) is 6.86. The number of hydrogen-bond donors (Lipinski definition) is 0. The van der Waals surface area contributed by atoms with Crippen LogP contribution >= 0.6 is 0 Å². The normalized spacial score (nSPS) is 10.5. The quantitative estimate of drug-likeness (QED) is 0.247. The molecule has 0 saturated carbocycles. The molecule has 0 amide bonds. The highest BCUT2D eigenvalue weighted by Gasteiger charge is 1.99. The van der Waals surface area contributed by atoms with Crippen molar-refractivity contribution in [1.82, 2.24) is 0 Å². The van der Waals surface area contributed by atoms with E-state index in [1.807, 2.05) is 133 Å². The molecule has 0 aliphatic heterocycles. The SMILES string of the molecule is O=C(/C=C/c1ccccc1)c1ccccc1.O=C(C=Cc1ccccc1)c1ccccc1. The van der Waals surface area contributed by atoms with Crippen LogP contribution in [0.2, 0.25) is 0 Å². The summed E-state index contributed by atoms with van der Waals surface area (Å²) in [7, 11) is 0. The summed E-state index contributed by atoms with van der Waals surface area (Å²) in [5.41, 5.74) is 3.50. The molecule has 32 heavy (non-hydrogen) atoms. The van der Waals surface area contributed by atoms with Crippen molar-refractivity contribution in [1.29, 1.82) is 0 Å². The Morgan fingerprint density at radius 1 is 0.406 bits per heavy atom. The van der Waals surface area contributed by atoms with Crippen molar-refractivity contribution in [2.75, 3.05) is 0 Å². The summed E-state index contributed by atoms with van der Waals surface area (Å²) in [6, 6.07) is 38.1. The Kier molecular flexibility index (Phi) is 8.68. The molecule has 0 bridgehead atoms. The van der Waals surface area contributed by atoms with Gasteiger partial charge in [0.2, 0.25) is 0 Å². The van der Waals surface area contributed by atoms with Crippen LogP contribution in [-0.2, 0) is 0 Å². The topological polar surface area (TPSA) is 34.1 Å². The van der Waals surface area contributed by atoms with Gasteiger partial charge in [-0.3, -0.25) is 9.59 Å². The van der Waals surface area contributed by atoms with E-state index < -0.39 is 0 Å². The highest BCUT2D eigenvalue weighted by molar-refractivity contribution is 6.07. The maximum Gasteiger partial charge on any atom is 0.185 e. The van der Waals surface area contributed by atoms with E-state index in [2.05, 4.69) is 0 Å². The molecule has 4 aromatic rings. The Hall–Kier alpha value is -4.30. The number of hydrogen-bond acceptors (Lipinski definition) is 2. The zero-order valence-electron chi connectivity index (χ0n) is 17.7. The number of allylic oxidation sites excluding steroid dienone is 2. The van der Waals surface area contributed by atoms with Crippen LogP contribution < -0.4 is 0 Å². The summed E-state index contributed by atoms with van der Waals surface area (Å²) in [5, 5.41) is 0. The molecule has 0 radical (unpaired) electrons. The van der Waals surface area contributed by atoms with Gasteiger partial charge in [-0.2, -0.15) is 0 Å². The number of ketones is 2. The standard InChI is InChI=1S/2C15H12O/c2*16-15(14-9-5-2-6-10-14)12-11-13-7-3-1-4-8-13/h2*1-12H/b12-11+;. The molecule has 4 aromatic carbocycles. The highest BCUT2D eigenvalue weighted by atomic mass is 16.1. The number of rotatable bonds is 6. The molecule has 156 valence electrons. The third kappa shape index (κ3) is 7.51. The Labute approximate surface area is 189 Å². The van der Waals surface area contributed by atoms with Gasteiger partial charge in [-0.25, -0.2) is 0 Å². The molecule has 0 saturated heterocycles. The average Bonchev–Trinajstić information content (AvgIpc) is 2.88. The molecular formula is C30H24O2. The molecule has 0 heterocycles. The van der Waals surface area contributed by atoms with Crippen molar-refractivity contribution in [3.63, 3.8) is 0 Å². The van der Waals surface area contributed by atoms with E-state index in [-0.39, 0.29) is 11.6 Å². The fraction of sp³-hybridized carbons (Fsp3) is 0. The second-order valence-electron chi connectivity index (χ2n) is 6.95. The second-order valence-corrected chi connectivity index (χ2v) is 6.95. The van der Waals surface area contributed by atoms with Crippen LogP contribution in [0.1, 0.15) is 31.8 Å². The minimum absolute atomic E-state index is 0.0319. The third-order valence-electron chi connectivity index (χ3n) is 4.57. The van der Waals surface area contributed by atoms with Crippen LogP contribution in [0.25, 0.3) is 12.2 Å². The molecule has 0 N–H and O–H groups in total. The smallest absolute Gasteiger partial charge is 0.185 e. The number of carbonyl (C=O) groups excluding carboxylic acids is 2. The van der Waals surface area contributed by atoms with Crippen molar-refractivity contribution in [2.24, 2.45) is 0 Å². The predicted octanol–water partition coefficient (Wildman–Crippen LogP) is 7.17. The molecule has 0 atom stereocenters. The van der Waals surface area contributed by atoms with Crippen LogP contribution in [0.15, 0.2) is 133 Å². The monoisotopic (exact) mass is 416 g/mol. The maximum absolute atomic E-state index is 11.7. The average molecular weight is 417 g/mol. The van der Waals surface area contributed by atoms with Crippen molar-refractivity contribution in [3.8, 4) is 0 Å². The van der Waals surface area contributed by atoms with Crippen LogP contribution in [0.4, 0.5) is 0 Å². The molecule has 0 aliphatic rings. The molecule has 0 unspecified atom stereocenters. The molecule has 0 aromatic heterocycles. The van der Waals surface area contributed by atoms with Gasteiger partial charge in [0.25, 0.3) is 0 Å². The van der Waals surface area contributed by atoms with Gasteiger partial charge < -0.3 is 0 Å². The summed E-state index contributed by atoms with van der Waals surface area (Å²) in [4.78, 5) is 23.5. The second kappa shape index (κ2) is 12.4. The van der Waals surface area contributed by atoms with Crippen molar-refractivity contribution >= 4 is 23.7 Å². The van der Waals surface area contributed by atoms with E-state index in [4.69, 9.17) is 0 Å². The molecular weight excluding hydrogens is 392 g/mol. The maximum atomic E-state index is 11.7. The minimum Gasteiger partial charge on any atom is -0.289 e. The zero-order chi connectivity index (χ0) is 22.4.